The van der Waals surface area contributed by atoms with Gasteiger partial charge in [-0.15, -0.1) is 11.3 Å². The van der Waals surface area contributed by atoms with Crippen molar-refractivity contribution in [3.8, 4) is 6.07 Å². The number of fused-ring (bicyclic) bond motifs is 2. The molecule has 1 unspecified atom stereocenters. The van der Waals surface area contributed by atoms with Crippen molar-refractivity contribution in [1.29, 1.82) is 5.26 Å². The van der Waals surface area contributed by atoms with Gasteiger partial charge in [0.25, 0.3) is 5.56 Å². The first-order valence-corrected chi connectivity index (χ1v) is 13.5. The van der Waals surface area contributed by atoms with Crippen LogP contribution >= 0.6 is 11.3 Å². The van der Waals surface area contributed by atoms with E-state index in [-0.39, 0.29) is 24.1 Å². The Labute approximate surface area is 215 Å². The number of nitrogens with zero attached hydrogens (tertiary/aromatic N) is 7. The predicted octanol–water partition coefficient (Wildman–Crippen LogP) is 4.46. The van der Waals surface area contributed by atoms with Gasteiger partial charge in [0, 0.05) is 50.4 Å². The quantitative estimate of drug-likeness (QED) is 0.386. The molecule has 5 rings (SSSR count). The second-order valence-electron chi connectivity index (χ2n) is 9.75. The smallest absolute Gasteiger partial charge is 0.255 e. The molecule has 9 heteroatoms. The van der Waals surface area contributed by atoms with Crippen molar-refractivity contribution < 1.29 is 0 Å². The Morgan fingerprint density at radius 3 is 2.67 bits per heavy atom. The molecule has 3 atom stereocenters. The molecule has 4 heterocycles. The fourth-order valence-electron chi connectivity index (χ4n) is 5.53. The minimum atomic E-state index is -0.0623. The van der Waals surface area contributed by atoms with Gasteiger partial charge >= 0.3 is 0 Å². The highest BCUT2D eigenvalue weighted by Crippen LogP contribution is 2.34. The summed E-state index contributed by atoms with van der Waals surface area (Å²) >= 11 is 1.75. The molecular weight excluding hydrogens is 470 g/mol. The van der Waals surface area contributed by atoms with Gasteiger partial charge in [-0.1, -0.05) is 19.9 Å². The van der Waals surface area contributed by atoms with Crippen LogP contribution in [0.5, 0.6) is 0 Å². The van der Waals surface area contributed by atoms with Crippen molar-refractivity contribution >= 4 is 33.0 Å². The Balaban J connectivity index is 1.50. The summed E-state index contributed by atoms with van der Waals surface area (Å²) in [5, 5.41) is 15.0. The zero-order valence-corrected chi connectivity index (χ0v) is 22.4. The average Bonchev–Trinajstić information content (AvgIpc) is 3.47. The summed E-state index contributed by atoms with van der Waals surface area (Å²) in [6, 6.07) is 13.2. The lowest BCUT2D eigenvalue weighted by Gasteiger charge is -2.49. The highest BCUT2D eigenvalue weighted by Gasteiger charge is 2.36. The number of nitriles is 1. The van der Waals surface area contributed by atoms with E-state index in [9.17, 15) is 10.1 Å². The van der Waals surface area contributed by atoms with Crippen LogP contribution in [0.15, 0.2) is 35.1 Å². The van der Waals surface area contributed by atoms with E-state index in [1.807, 2.05) is 10.6 Å². The molecule has 8 nitrogen and oxygen atoms in total. The van der Waals surface area contributed by atoms with Crippen LogP contribution in [0.25, 0.3) is 15.9 Å². The number of anilines is 1. The molecule has 0 aliphatic carbocycles. The van der Waals surface area contributed by atoms with Gasteiger partial charge in [0.1, 0.15) is 11.5 Å². The summed E-state index contributed by atoms with van der Waals surface area (Å²) in [4.78, 5) is 22.5. The molecule has 0 saturated carbocycles. The van der Waals surface area contributed by atoms with E-state index in [0.29, 0.717) is 11.7 Å². The van der Waals surface area contributed by atoms with Gasteiger partial charge in [-0.25, -0.2) is 9.50 Å². The van der Waals surface area contributed by atoms with Gasteiger partial charge < -0.3 is 4.90 Å². The molecule has 36 heavy (non-hydrogen) atoms. The molecule has 1 aliphatic heterocycles. The van der Waals surface area contributed by atoms with E-state index in [0.717, 1.165) is 47.9 Å². The van der Waals surface area contributed by atoms with Gasteiger partial charge in [-0.2, -0.15) is 10.4 Å². The van der Waals surface area contributed by atoms with Gasteiger partial charge in [0.15, 0.2) is 0 Å². The van der Waals surface area contributed by atoms with E-state index < -0.39 is 0 Å². The van der Waals surface area contributed by atoms with Crippen LogP contribution in [0.3, 0.4) is 0 Å². The Kier molecular flexibility index (Phi) is 6.58. The van der Waals surface area contributed by atoms with Crippen molar-refractivity contribution in [3.63, 3.8) is 0 Å². The lowest BCUT2D eigenvalue weighted by atomic mass is 9.97. The number of hydrogen-bond acceptors (Lipinski definition) is 7. The first-order valence-electron chi connectivity index (χ1n) is 12.7. The Bertz CT molecular complexity index is 1510. The van der Waals surface area contributed by atoms with Crippen molar-refractivity contribution in [2.75, 3.05) is 18.0 Å². The molecule has 1 fully saturated rings. The van der Waals surface area contributed by atoms with Crippen LogP contribution in [-0.2, 0) is 13.5 Å². The zero-order valence-electron chi connectivity index (χ0n) is 21.6. The lowest BCUT2D eigenvalue weighted by molar-refractivity contribution is 0.100. The van der Waals surface area contributed by atoms with Crippen molar-refractivity contribution in [2.45, 2.75) is 65.1 Å². The molecule has 3 aromatic heterocycles. The average molecular weight is 504 g/mol. The Morgan fingerprint density at radius 1 is 1.17 bits per heavy atom. The minimum absolute atomic E-state index is 0.0623. The van der Waals surface area contributed by atoms with Gasteiger partial charge in [0.05, 0.1) is 33.4 Å². The maximum absolute atomic E-state index is 12.9. The number of hydrogen-bond donors (Lipinski definition) is 0. The number of rotatable bonds is 6. The second kappa shape index (κ2) is 9.68. The summed E-state index contributed by atoms with van der Waals surface area (Å²) in [5.41, 5.74) is 3.72. The topological polar surface area (TPSA) is 82.5 Å². The van der Waals surface area contributed by atoms with Gasteiger partial charge in [-0.3, -0.25) is 14.3 Å². The van der Waals surface area contributed by atoms with Crippen LogP contribution in [0.2, 0.25) is 0 Å². The van der Waals surface area contributed by atoms with Gasteiger partial charge in [-0.05, 0) is 44.4 Å². The van der Waals surface area contributed by atoms with E-state index in [4.69, 9.17) is 5.10 Å². The molecule has 1 aromatic carbocycles. The summed E-state index contributed by atoms with van der Waals surface area (Å²) in [5.74, 6) is 0.816. The Hall–Kier alpha value is -3.22. The summed E-state index contributed by atoms with van der Waals surface area (Å²) in [6.45, 7) is 10.5. The first kappa shape index (κ1) is 24.5. The standard InChI is InChI=1S/C27H33N7OS/c1-6-21-16-33(26-14-27(35)31(5)25-13-20(10-11-28)30-34(25)26)22(7-2)15-32(21)17(3)19-8-9-23-24(12-19)36-18(4)29-23/h8-9,12-14,17,21-22H,6-7,10,15-16H2,1-5H3/t17?,21-,22+/m1/s1. The van der Waals surface area contributed by atoms with E-state index in [2.05, 4.69) is 66.7 Å². The SMILES string of the molecule is CC[C@H]1CN(C(C)c2ccc3nc(C)sc3c2)[C@H](CC)CN1c1cc(=O)n(C)c2cc(CC#N)nn12. The molecular formula is C27H33N7OS. The number of thiazole rings is 1. The van der Waals surface area contributed by atoms with E-state index in [1.165, 1.54) is 10.3 Å². The number of benzene rings is 1. The molecule has 188 valence electrons. The maximum Gasteiger partial charge on any atom is 0.255 e. The highest BCUT2D eigenvalue weighted by atomic mass is 32.1. The van der Waals surface area contributed by atoms with E-state index >= 15 is 0 Å². The molecule has 0 bridgehead atoms. The molecule has 0 spiro atoms. The normalized spacial score (nSPS) is 19.7. The number of aryl methyl sites for hydroxylation is 2. The van der Waals surface area contributed by atoms with Gasteiger partial charge in [0.2, 0.25) is 0 Å². The van der Waals surface area contributed by atoms with Crippen molar-refractivity contribution in [3.05, 3.63) is 57.0 Å². The van der Waals surface area contributed by atoms with Crippen molar-refractivity contribution in [2.24, 2.45) is 7.05 Å². The van der Waals surface area contributed by atoms with Crippen LogP contribution < -0.4 is 10.5 Å². The third kappa shape index (κ3) is 4.18. The van der Waals surface area contributed by atoms with Crippen LogP contribution in [0, 0.1) is 18.3 Å². The fraction of sp³-hybridized carbons (Fsp3) is 0.481. The predicted molar refractivity (Wildman–Crippen MR) is 145 cm³/mol. The maximum atomic E-state index is 12.9. The first-order chi connectivity index (χ1) is 17.3. The molecule has 0 amide bonds. The number of piperazine rings is 1. The fourth-order valence-corrected chi connectivity index (χ4v) is 6.40. The second-order valence-corrected chi connectivity index (χ2v) is 11.0. The van der Waals surface area contributed by atoms with Crippen LogP contribution in [-0.4, -0.2) is 49.2 Å². The molecule has 1 saturated heterocycles. The summed E-state index contributed by atoms with van der Waals surface area (Å²) < 4.78 is 4.69. The number of aromatic nitrogens is 4. The molecule has 1 aliphatic rings. The van der Waals surface area contributed by atoms with Crippen LogP contribution in [0.4, 0.5) is 5.82 Å². The molecule has 4 aromatic rings. The summed E-state index contributed by atoms with van der Waals surface area (Å²) in [7, 11) is 1.76. The van der Waals surface area contributed by atoms with E-state index in [1.54, 1.807) is 29.0 Å². The third-order valence-electron chi connectivity index (χ3n) is 7.62. The zero-order chi connectivity index (χ0) is 25.6. The monoisotopic (exact) mass is 503 g/mol. The molecule has 0 radical (unpaired) electrons. The van der Waals surface area contributed by atoms with Crippen LogP contribution in [0.1, 0.15) is 55.9 Å². The minimum Gasteiger partial charge on any atom is -0.351 e. The van der Waals surface area contributed by atoms with Crippen molar-refractivity contribution in [1.82, 2.24) is 24.1 Å². The highest BCUT2D eigenvalue weighted by molar-refractivity contribution is 7.18. The third-order valence-corrected chi connectivity index (χ3v) is 8.55. The summed E-state index contributed by atoms with van der Waals surface area (Å²) in [6.07, 6.45) is 2.18. The largest absolute Gasteiger partial charge is 0.351 e. The Morgan fingerprint density at radius 2 is 1.94 bits per heavy atom. The lowest BCUT2D eigenvalue weighted by Crippen LogP contribution is -2.59. The molecule has 0 N–H and O–H groups in total.